The molecule has 0 aliphatic carbocycles. The molecule has 0 saturated heterocycles. The molecule has 1 aromatic heterocycles. The molecular weight excluding hydrogens is 226 g/mol. The molecule has 1 N–H and O–H groups in total. The first-order valence-electron chi connectivity index (χ1n) is 6.87. The number of nitrogens with one attached hydrogen (secondary N) is 1. The fourth-order valence-corrected chi connectivity index (χ4v) is 2.96. The smallest absolute Gasteiger partial charge is 0.0388 e. The lowest BCUT2D eigenvalue weighted by Gasteiger charge is -2.19. The topological polar surface area (TPSA) is 12.0 Å². The molecule has 0 bridgehead atoms. The summed E-state index contributed by atoms with van der Waals surface area (Å²) in [5.74, 6) is 0.808. The van der Waals surface area contributed by atoms with Gasteiger partial charge in [0.25, 0.3) is 0 Å². The predicted molar refractivity (Wildman–Crippen MR) is 78.8 cm³/mol. The fourth-order valence-electron chi connectivity index (χ4n) is 1.99. The van der Waals surface area contributed by atoms with E-state index in [1.807, 2.05) is 11.3 Å². The van der Waals surface area contributed by atoms with Gasteiger partial charge in [-0.1, -0.05) is 20.8 Å². The first kappa shape index (κ1) is 14.7. The molecule has 2 atom stereocenters. The molecule has 1 heterocycles. The van der Waals surface area contributed by atoms with Gasteiger partial charge < -0.3 is 5.32 Å². The Kier molecular flexibility index (Phi) is 6.21. The average molecular weight is 253 g/mol. The van der Waals surface area contributed by atoms with Gasteiger partial charge in [0, 0.05) is 21.8 Å². The summed E-state index contributed by atoms with van der Waals surface area (Å²) in [6.07, 6.45) is 3.74. The Labute approximate surface area is 111 Å². The van der Waals surface area contributed by atoms with Crippen molar-refractivity contribution in [2.45, 2.75) is 66.0 Å². The minimum atomic E-state index is 0.488. The molecule has 0 aliphatic heterocycles. The standard InChI is InChI=1S/C15H27NS/c1-6-14-9-10-15(17-14)13(5)16-12(4)8-7-11(2)3/h9-13,16H,6-8H2,1-5H3. The molecule has 0 spiro atoms. The minimum absolute atomic E-state index is 0.488. The van der Waals surface area contributed by atoms with Crippen molar-refractivity contribution in [3.8, 4) is 0 Å². The third kappa shape index (κ3) is 5.22. The maximum atomic E-state index is 3.70. The van der Waals surface area contributed by atoms with Gasteiger partial charge in [0.1, 0.15) is 0 Å². The Hall–Kier alpha value is -0.340. The van der Waals surface area contributed by atoms with Gasteiger partial charge in [-0.25, -0.2) is 0 Å². The fraction of sp³-hybridized carbons (Fsp3) is 0.733. The lowest BCUT2D eigenvalue weighted by Crippen LogP contribution is -2.28. The Morgan fingerprint density at radius 2 is 1.82 bits per heavy atom. The van der Waals surface area contributed by atoms with Crippen LogP contribution in [0.25, 0.3) is 0 Å². The zero-order valence-electron chi connectivity index (χ0n) is 11.9. The number of rotatable bonds is 7. The summed E-state index contributed by atoms with van der Waals surface area (Å²) in [5, 5.41) is 3.70. The maximum Gasteiger partial charge on any atom is 0.0388 e. The highest BCUT2D eigenvalue weighted by Gasteiger charge is 2.11. The zero-order valence-corrected chi connectivity index (χ0v) is 12.7. The second-order valence-electron chi connectivity index (χ2n) is 5.42. The summed E-state index contributed by atoms with van der Waals surface area (Å²) in [7, 11) is 0. The normalized spacial score (nSPS) is 15.2. The Balaban J connectivity index is 2.39. The summed E-state index contributed by atoms with van der Waals surface area (Å²) in [5.41, 5.74) is 0. The Morgan fingerprint density at radius 1 is 1.12 bits per heavy atom. The molecule has 0 aliphatic rings. The molecular formula is C15H27NS. The summed E-state index contributed by atoms with van der Waals surface area (Å²) in [6, 6.07) is 5.63. The average Bonchev–Trinajstić information content (AvgIpc) is 2.74. The van der Waals surface area contributed by atoms with Crippen LogP contribution in [0, 0.1) is 5.92 Å². The van der Waals surface area contributed by atoms with Crippen LogP contribution < -0.4 is 5.32 Å². The van der Waals surface area contributed by atoms with Crippen molar-refractivity contribution < 1.29 is 0 Å². The van der Waals surface area contributed by atoms with E-state index in [-0.39, 0.29) is 0 Å². The van der Waals surface area contributed by atoms with Crippen molar-refractivity contribution in [2.75, 3.05) is 0 Å². The van der Waals surface area contributed by atoms with Gasteiger partial charge in [-0.15, -0.1) is 11.3 Å². The van der Waals surface area contributed by atoms with Gasteiger partial charge in [-0.2, -0.15) is 0 Å². The molecule has 98 valence electrons. The van der Waals surface area contributed by atoms with E-state index in [0.717, 1.165) is 12.3 Å². The summed E-state index contributed by atoms with van der Waals surface area (Å²) < 4.78 is 0. The largest absolute Gasteiger partial charge is 0.307 e. The SMILES string of the molecule is CCc1ccc(C(C)NC(C)CCC(C)C)s1. The molecule has 0 fully saturated rings. The third-order valence-electron chi connectivity index (χ3n) is 3.17. The van der Waals surface area contributed by atoms with E-state index >= 15 is 0 Å². The third-order valence-corrected chi connectivity index (χ3v) is 4.58. The summed E-state index contributed by atoms with van der Waals surface area (Å²) >= 11 is 1.94. The first-order chi connectivity index (χ1) is 8.02. The summed E-state index contributed by atoms with van der Waals surface area (Å²) in [4.78, 5) is 2.96. The molecule has 17 heavy (non-hydrogen) atoms. The van der Waals surface area contributed by atoms with E-state index in [9.17, 15) is 0 Å². The van der Waals surface area contributed by atoms with E-state index in [1.54, 1.807) is 0 Å². The molecule has 1 nitrogen and oxygen atoms in total. The van der Waals surface area contributed by atoms with Crippen molar-refractivity contribution >= 4 is 11.3 Å². The van der Waals surface area contributed by atoms with E-state index in [0.29, 0.717) is 12.1 Å². The summed E-state index contributed by atoms with van der Waals surface area (Å²) in [6.45, 7) is 11.4. The molecule has 2 unspecified atom stereocenters. The van der Waals surface area contributed by atoms with Crippen molar-refractivity contribution in [2.24, 2.45) is 5.92 Å². The van der Waals surface area contributed by atoms with E-state index in [2.05, 4.69) is 52.1 Å². The molecule has 0 radical (unpaired) electrons. The van der Waals surface area contributed by atoms with Crippen LogP contribution in [-0.2, 0) is 6.42 Å². The molecule has 0 aromatic carbocycles. The number of hydrogen-bond acceptors (Lipinski definition) is 2. The van der Waals surface area contributed by atoms with E-state index < -0.39 is 0 Å². The van der Waals surface area contributed by atoms with Gasteiger partial charge in [-0.3, -0.25) is 0 Å². The molecule has 0 amide bonds. The van der Waals surface area contributed by atoms with Gasteiger partial charge in [0.2, 0.25) is 0 Å². The lowest BCUT2D eigenvalue weighted by atomic mass is 10.0. The van der Waals surface area contributed by atoms with Crippen molar-refractivity contribution in [3.63, 3.8) is 0 Å². The van der Waals surface area contributed by atoms with Crippen LogP contribution in [-0.4, -0.2) is 6.04 Å². The monoisotopic (exact) mass is 253 g/mol. The molecule has 1 rings (SSSR count). The van der Waals surface area contributed by atoms with Crippen molar-refractivity contribution in [1.82, 2.24) is 5.32 Å². The Morgan fingerprint density at radius 3 is 2.35 bits per heavy atom. The van der Waals surface area contributed by atoms with Crippen LogP contribution in [0.1, 0.15) is 63.3 Å². The van der Waals surface area contributed by atoms with Crippen LogP contribution in [0.15, 0.2) is 12.1 Å². The molecule has 2 heteroatoms. The highest BCUT2D eigenvalue weighted by Crippen LogP contribution is 2.24. The van der Waals surface area contributed by atoms with Gasteiger partial charge in [-0.05, 0) is 51.2 Å². The Bertz CT molecular complexity index is 316. The number of aryl methyl sites for hydroxylation is 1. The predicted octanol–water partition coefficient (Wildman–Crippen LogP) is 4.79. The molecule has 0 saturated carbocycles. The first-order valence-corrected chi connectivity index (χ1v) is 7.69. The minimum Gasteiger partial charge on any atom is -0.307 e. The quantitative estimate of drug-likeness (QED) is 0.737. The van der Waals surface area contributed by atoms with Crippen LogP contribution >= 0.6 is 11.3 Å². The highest BCUT2D eigenvalue weighted by atomic mass is 32.1. The van der Waals surface area contributed by atoms with Gasteiger partial charge >= 0.3 is 0 Å². The highest BCUT2D eigenvalue weighted by molar-refractivity contribution is 7.12. The number of hydrogen-bond donors (Lipinski definition) is 1. The van der Waals surface area contributed by atoms with Gasteiger partial charge in [0.05, 0.1) is 0 Å². The number of thiophene rings is 1. The zero-order chi connectivity index (χ0) is 12.8. The van der Waals surface area contributed by atoms with Crippen LogP contribution in [0.2, 0.25) is 0 Å². The molecule has 1 aromatic rings. The maximum absolute atomic E-state index is 3.70. The van der Waals surface area contributed by atoms with Crippen LogP contribution in [0.4, 0.5) is 0 Å². The van der Waals surface area contributed by atoms with E-state index in [1.165, 1.54) is 22.6 Å². The van der Waals surface area contributed by atoms with Crippen LogP contribution in [0.3, 0.4) is 0 Å². The second-order valence-corrected chi connectivity index (χ2v) is 6.62. The lowest BCUT2D eigenvalue weighted by molar-refractivity contribution is 0.419. The van der Waals surface area contributed by atoms with E-state index in [4.69, 9.17) is 0 Å². The van der Waals surface area contributed by atoms with Crippen LogP contribution in [0.5, 0.6) is 0 Å². The van der Waals surface area contributed by atoms with Crippen molar-refractivity contribution in [1.29, 1.82) is 0 Å². The second kappa shape index (κ2) is 7.17. The van der Waals surface area contributed by atoms with Gasteiger partial charge in [0.15, 0.2) is 0 Å². The van der Waals surface area contributed by atoms with Crippen molar-refractivity contribution in [3.05, 3.63) is 21.9 Å².